The standard InChI is InChI=1S/C18H26N4O/c1-4-18(2,3)13-6-8-14(9-7-13)19-17(23)12-5-10-15-16(11-12)21-22-20-15/h5,10-11,13-14H,4,6-9H2,1-3H3,(H,19,23)(H,20,21,22). The summed E-state index contributed by atoms with van der Waals surface area (Å²) >= 11 is 0. The maximum Gasteiger partial charge on any atom is 0.251 e. The third-order valence-electron chi connectivity index (χ3n) is 5.66. The highest BCUT2D eigenvalue weighted by Gasteiger charge is 2.32. The molecule has 1 aromatic heterocycles. The van der Waals surface area contributed by atoms with E-state index in [1.54, 1.807) is 6.07 Å². The van der Waals surface area contributed by atoms with E-state index in [1.807, 2.05) is 12.1 Å². The molecule has 23 heavy (non-hydrogen) atoms. The first kappa shape index (κ1) is 16.0. The Bertz CT molecular complexity index is 683. The van der Waals surface area contributed by atoms with Gasteiger partial charge in [0.2, 0.25) is 0 Å². The average Bonchev–Trinajstić information content (AvgIpc) is 3.03. The Labute approximate surface area is 137 Å². The number of carbonyl (C=O) groups is 1. The summed E-state index contributed by atoms with van der Waals surface area (Å²) in [6.45, 7) is 7.00. The van der Waals surface area contributed by atoms with Crippen LogP contribution in [0.3, 0.4) is 0 Å². The lowest BCUT2D eigenvalue weighted by Gasteiger charge is -2.39. The number of rotatable bonds is 4. The summed E-state index contributed by atoms with van der Waals surface area (Å²) in [5, 5.41) is 13.8. The van der Waals surface area contributed by atoms with Gasteiger partial charge in [-0.2, -0.15) is 15.4 Å². The van der Waals surface area contributed by atoms with Crippen molar-refractivity contribution in [2.24, 2.45) is 11.3 Å². The molecule has 0 bridgehead atoms. The third kappa shape index (κ3) is 3.38. The van der Waals surface area contributed by atoms with Crippen molar-refractivity contribution in [2.45, 2.75) is 58.9 Å². The van der Waals surface area contributed by atoms with Crippen LogP contribution in [0.5, 0.6) is 0 Å². The van der Waals surface area contributed by atoms with Crippen LogP contribution in [0.1, 0.15) is 63.2 Å². The first-order chi connectivity index (χ1) is 11.0. The molecule has 1 fully saturated rings. The fraction of sp³-hybridized carbons (Fsp3) is 0.611. The van der Waals surface area contributed by atoms with Gasteiger partial charge >= 0.3 is 0 Å². The van der Waals surface area contributed by atoms with E-state index in [0.29, 0.717) is 17.0 Å². The first-order valence-corrected chi connectivity index (χ1v) is 8.61. The van der Waals surface area contributed by atoms with Gasteiger partial charge in [0, 0.05) is 11.6 Å². The lowest BCUT2D eigenvalue weighted by Crippen LogP contribution is -2.39. The van der Waals surface area contributed by atoms with Crippen LogP contribution >= 0.6 is 0 Å². The molecule has 1 amide bonds. The molecular weight excluding hydrogens is 288 g/mol. The van der Waals surface area contributed by atoms with Crippen LogP contribution in [0.15, 0.2) is 18.2 Å². The van der Waals surface area contributed by atoms with Gasteiger partial charge in [0.1, 0.15) is 11.0 Å². The van der Waals surface area contributed by atoms with Crippen molar-refractivity contribution >= 4 is 16.9 Å². The van der Waals surface area contributed by atoms with Gasteiger partial charge in [-0.3, -0.25) is 4.79 Å². The van der Waals surface area contributed by atoms with Crippen molar-refractivity contribution in [1.29, 1.82) is 0 Å². The Morgan fingerprint density at radius 2 is 1.91 bits per heavy atom. The lowest BCUT2D eigenvalue weighted by molar-refractivity contribution is 0.0893. The highest BCUT2D eigenvalue weighted by Crippen LogP contribution is 2.40. The van der Waals surface area contributed by atoms with Crippen LogP contribution in [0.4, 0.5) is 0 Å². The second-order valence-corrected chi connectivity index (χ2v) is 7.39. The number of hydrogen-bond donors (Lipinski definition) is 2. The summed E-state index contributed by atoms with van der Waals surface area (Å²) < 4.78 is 0. The van der Waals surface area contributed by atoms with Crippen molar-refractivity contribution in [1.82, 2.24) is 20.7 Å². The predicted octanol–water partition coefficient (Wildman–Crippen LogP) is 3.68. The topological polar surface area (TPSA) is 70.7 Å². The maximum atomic E-state index is 12.4. The molecule has 1 heterocycles. The van der Waals surface area contributed by atoms with Crippen LogP contribution in [0.2, 0.25) is 0 Å². The Balaban J connectivity index is 1.59. The van der Waals surface area contributed by atoms with Crippen LogP contribution in [0.25, 0.3) is 11.0 Å². The molecule has 0 spiro atoms. The van der Waals surface area contributed by atoms with E-state index in [0.717, 1.165) is 29.8 Å². The summed E-state index contributed by atoms with van der Waals surface area (Å²) in [6, 6.07) is 5.72. The molecule has 0 radical (unpaired) electrons. The number of H-pyrrole nitrogens is 1. The van der Waals surface area contributed by atoms with Crippen molar-refractivity contribution < 1.29 is 4.79 Å². The number of fused-ring (bicyclic) bond motifs is 1. The van der Waals surface area contributed by atoms with Crippen molar-refractivity contribution in [2.75, 3.05) is 0 Å². The number of carbonyl (C=O) groups excluding carboxylic acids is 1. The lowest BCUT2D eigenvalue weighted by atomic mass is 9.69. The number of aromatic nitrogens is 3. The van der Waals surface area contributed by atoms with Gasteiger partial charge in [0.15, 0.2) is 0 Å². The maximum absolute atomic E-state index is 12.4. The number of nitrogens with zero attached hydrogens (tertiary/aromatic N) is 2. The van der Waals surface area contributed by atoms with E-state index in [4.69, 9.17) is 0 Å². The molecule has 0 saturated heterocycles. The Morgan fingerprint density at radius 1 is 1.22 bits per heavy atom. The minimum atomic E-state index is -0.00639. The highest BCUT2D eigenvalue weighted by molar-refractivity contribution is 5.97. The smallest absolute Gasteiger partial charge is 0.251 e. The Morgan fingerprint density at radius 3 is 2.61 bits per heavy atom. The zero-order valence-electron chi connectivity index (χ0n) is 14.2. The zero-order chi connectivity index (χ0) is 16.4. The van der Waals surface area contributed by atoms with E-state index >= 15 is 0 Å². The van der Waals surface area contributed by atoms with Crippen LogP contribution in [-0.4, -0.2) is 27.4 Å². The van der Waals surface area contributed by atoms with E-state index < -0.39 is 0 Å². The minimum Gasteiger partial charge on any atom is -0.349 e. The van der Waals surface area contributed by atoms with Gasteiger partial charge < -0.3 is 5.32 Å². The highest BCUT2D eigenvalue weighted by atomic mass is 16.1. The molecule has 5 nitrogen and oxygen atoms in total. The molecule has 0 atom stereocenters. The molecule has 1 aromatic carbocycles. The summed E-state index contributed by atoms with van der Waals surface area (Å²) in [6.07, 6.45) is 5.77. The van der Waals surface area contributed by atoms with E-state index in [9.17, 15) is 4.79 Å². The summed E-state index contributed by atoms with van der Waals surface area (Å²) in [5.74, 6) is 0.764. The quantitative estimate of drug-likeness (QED) is 0.904. The van der Waals surface area contributed by atoms with E-state index in [1.165, 1.54) is 19.3 Å². The molecule has 3 rings (SSSR count). The normalized spacial score (nSPS) is 22.2. The molecule has 2 N–H and O–H groups in total. The molecule has 1 aliphatic rings. The number of benzene rings is 1. The van der Waals surface area contributed by atoms with Crippen LogP contribution in [-0.2, 0) is 0 Å². The van der Waals surface area contributed by atoms with Crippen LogP contribution in [0, 0.1) is 11.3 Å². The molecule has 124 valence electrons. The number of nitrogens with one attached hydrogen (secondary N) is 2. The summed E-state index contributed by atoms with van der Waals surface area (Å²) in [4.78, 5) is 12.4. The van der Waals surface area contributed by atoms with Gasteiger partial charge in [-0.15, -0.1) is 0 Å². The third-order valence-corrected chi connectivity index (χ3v) is 5.66. The molecule has 0 unspecified atom stereocenters. The number of amides is 1. The Hall–Kier alpha value is -1.91. The van der Waals surface area contributed by atoms with Crippen molar-refractivity contribution in [3.63, 3.8) is 0 Å². The largest absolute Gasteiger partial charge is 0.349 e. The number of hydrogen-bond acceptors (Lipinski definition) is 3. The van der Waals surface area contributed by atoms with E-state index in [-0.39, 0.29) is 5.91 Å². The van der Waals surface area contributed by atoms with Gasteiger partial charge in [-0.25, -0.2) is 0 Å². The SMILES string of the molecule is CCC(C)(C)C1CCC(NC(=O)c2ccc3n[nH]nc3c2)CC1. The van der Waals surface area contributed by atoms with Crippen LogP contribution < -0.4 is 5.32 Å². The predicted molar refractivity (Wildman–Crippen MR) is 91.2 cm³/mol. The molecule has 5 heteroatoms. The summed E-state index contributed by atoms with van der Waals surface area (Å²) in [5.41, 5.74) is 2.57. The minimum absolute atomic E-state index is 0.00639. The second-order valence-electron chi connectivity index (χ2n) is 7.39. The van der Waals surface area contributed by atoms with Gasteiger partial charge in [0.05, 0.1) is 0 Å². The van der Waals surface area contributed by atoms with E-state index in [2.05, 4.69) is 41.5 Å². The monoisotopic (exact) mass is 314 g/mol. The van der Waals surface area contributed by atoms with Gasteiger partial charge in [-0.1, -0.05) is 27.2 Å². The summed E-state index contributed by atoms with van der Waals surface area (Å²) in [7, 11) is 0. The fourth-order valence-corrected chi connectivity index (χ4v) is 3.56. The molecule has 0 aliphatic heterocycles. The first-order valence-electron chi connectivity index (χ1n) is 8.61. The Kier molecular flexibility index (Phi) is 4.37. The molecular formula is C18H26N4O. The number of aromatic amines is 1. The molecule has 1 saturated carbocycles. The average molecular weight is 314 g/mol. The molecule has 2 aromatic rings. The fourth-order valence-electron chi connectivity index (χ4n) is 3.56. The van der Waals surface area contributed by atoms with Gasteiger partial charge in [-0.05, 0) is 55.2 Å². The zero-order valence-corrected chi connectivity index (χ0v) is 14.2. The van der Waals surface area contributed by atoms with Crippen molar-refractivity contribution in [3.8, 4) is 0 Å². The second kappa shape index (κ2) is 6.30. The molecule has 1 aliphatic carbocycles. The van der Waals surface area contributed by atoms with Gasteiger partial charge in [0.25, 0.3) is 5.91 Å². The van der Waals surface area contributed by atoms with Crippen molar-refractivity contribution in [3.05, 3.63) is 23.8 Å².